The number of aryl methyl sites for hydroxylation is 2. The molecule has 0 bridgehead atoms. The second-order valence-corrected chi connectivity index (χ2v) is 7.59. The Morgan fingerprint density at radius 1 is 1.21 bits per heavy atom. The fraction of sp³-hybridized carbons (Fsp3) is 0.333. The molecule has 0 aliphatic carbocycles. The second kappa shape index (κ2) is 8.52. The highest BCUT2D eigenvalue weighted by molar-refractivity contribution is 5.90. The zero-order chi connectivity index (χ0) is 20.2. The van der Waals surface area contributed by atoms with E-state index < -0.39 is 0 Å². The Hall–Kier alpha value is -3.08. The van der Waals surface area contributed by atoms with Crippen LogP contribution >= 0.6 is 0 Å². The first-order valence-corrected chi connectivity index (χ1v) is 10.2. The third kappa shape index (κ3) is 4.19. The maximum atomic E-state index is 12.6. The highest BCUT2D eigenvalue weighted by Crippen LogP contribution is 2.28. The summed E-state index contributed by atoms with van der Waals surface area (Å²) in [5, 5.41) is 0. The minimum atomic E-state index is 0.197. The number of hydrogen-bond acceptors (Lipinski definition) is 3. The molecule has 29 heavy (non-hydrogen) atoms. The van der Waals surface area contributed by atoms with Crippen molar-refractivity contribution in [3.05, 3.63) is 65.5 Å². The Kier molecular flexibility index (Phi) is 5.65. The summed E-state index contributed by atoms with van der Waals surface area (Å²) in [5.74, 6) is 1.14. The van der Waals surface area contributed by atoms with Crippen molar-refractivity contribution >= 4 is 22.5 Å². The van der Waals surface area contributed by atoms with Crippen molar-refractivity contribution in [3.8, 4) is 5.75 Å². The van der Waals surface area contributed by atoms with Gasteiger partial charge in [0, 0.05) is 37.5 Å². The van der Waals surface area contributed by atoms with Crippen molar-refractivity contribution in [2.45, 2.75) is 33.1 Å². The highest BCUT2D eigenvalue weighted by atomic mass is 16.5. The first-order valence-electron chi connectivity index (χ1n) is 10.2. The Balaban J connectivity index is 1.29. The number of carbonyl (C=O) groups is 1. The van der Waals surface area contributed by atoms with Gasteiger partial charge in [0.1, 0.15) is 5.75 Å². The molecule has 4 rings (SSSR count). The molecule has 3 aromatic rings. The number of nitrogens with one attached hydrogen (secondary N) is 1. The standard InChI is InChI=1S/C24H27N3O2/c1-17-6-3-7-18(2)24(17)29-15-5-9-22(28)27-13-10-19(11-14-27)20-16-26-21-8-4-12-25-23(20)21/h3-4,6-8,10,12,16,26H,5,9,11,13-15H2,1-2H3. The molecule has 150 valence electrons. The number of aromatic amines is 1. The summed E-state index contributed by atoms with van der Waals surface area (Å²) in [6.07, 6.45) is 8.10. The van der Waals surface area contributed by atoms with Crippen molar-refractivity contribution in [2.24, 2.45) is 0 Å². The molecule has 2 aromatic heterocycles. The zero-order valence-corrected chi connectivity index (χ0v) is 17.1. The molecular formula is C24H27N3O2. The molecule has 1 aliphatic heterocycles. The van der Waals surface area contributed by atoms with Crippen LogP contribution in [0.2, 0.25) is 0 Å². The van der Waals surface area contributed by atoms with Gasteiger partial charge in [0.25, 0.3) is 0 Å². The van der Waals surface area contributed by atoms with Crippen molar-refractivity contribution in [1.29, 1.82) is 0 Å². The molecule has 0 saturated heterocycles. The van der Waals surface area contributed by atoms with Gasteiger partial charge in [-0.3, -0.25) is 9.78 Å². The Bertz CT molecular complexity index is 1030. The van der Waals surface area contributed by atoms with Crippen LogP contribution in [0.1, 0.15) is 36.0 Å². The summed E-state index contributed by atoms with van der Waals surface area (Å²) in [5.41, 5.74) is 6.73. The molecule has 0 fully saturated rings. The van der Waals surface area contributed by atoms with Crippen molar-refractivity contribution < 1.29 is 9.53 Å². The quantitative estimate of drug-likeness (QED) is 0.624. The number of para-hydroxylation sites is 1. The van der Waals surface area contributed by atoms with E-state index in [1.54, 1.807) is 0 Å². The Labute approximate surface area is 171 Å². The minimum Gasteiger partial charge on any atom is -0.493 e. The van der Waals surface area contributed by atoms with Crippen LogP contribution in [0, 0.1) is 13.8 Å². The third-order valence-electron chi connectivity index (χ3n) is 5.53. The lowest BCUT2D eigenvalue weighted by atomic mass is 10.0. The molecule has 5 nitrogen and oxygen atoms in total. The molecule has 0 radical (unpaired) electrons. The minimum absolute atomic E-state index is 0.197. The largest absolute Gasteiger partial charge is 0.493 e. The van der Waals surface area contributed by atoms with E-state index in [0.29, 0.717) is 19.6 Å². The number of pyridine rings is 1. The first kappa shape index (κ1) is 19.2. The van der Waals surface area contributed by atoms with Crippen LogP contribution in [-0.4, -0.2) is 40.5 Å². The molecule has 1 N–H and O–H groups in total. The molecule has 5 heteroatoms. The molecular weight excluding hydrogens is 362 g/mol. The molecule has 0 spiro atoms. The zero-order valence-electron chi connectivity index (χ0n) is 17.1. The van der Waals surface area contributed by atoms with Gasteiger partial charge in [-0.15, -0.1) is 0 Å². The second-order valence-electron chi connectivity index (χ2n) is 7.59. The van der Waals surface area contributed by atoms with E-state index in [2.05, 4.69) is 16.0 Å². The van der Waals surface area contributed by atoms with E-state index >= 15 is 0 Å². The lowest BCUT2D eigenvalue weighted by Crippen LogP contribution is -2.34. The number of hydrogen-bond donors (Lipinski definition) is 1. The number of nitrogens with zero attached hydrogens (tertiary/aromatic N) is 2. The first-order chi connectivity index (χ1) is 14.1. The van der Waals surface area contributed by atoms with Crippen LogP contribution in [0.15, 0.2) is 48.8 Å². The fourth-order valence-electron chi connectivity index (χ4n) is 3.92. The average Bonchev–Trinajstić information content (AvgIpc) is 3.17. The van der Waals surface area contributed by atoms with Gasteiger partial charge in [0.2, 0.25) is 5.91 Å². The fourth-order valence-corrected chi connectivity index (χ4v) is 3.92. The van der Waals surface area contributed by atoms with Crippen LogP contribution in [-0.2, 0) is 4.79 Å². The van der Waals surface area contributed by atoms with E-state index in [9.17, 15) is 4.79 Å². The number of benzene rings is 1. The summed E-state index contributed by atoms with van der Waals surface area (Å²) >= 11 is 0. The molecule has 3 heterocycles. The van der Waals surface area contributed by atoms with Crippen molar-refractivity contribution in [2.75, 3.05) is 19.7 Å². The molecule has 0 atom stereocenters. The van der Waals surface area contributed by atoms with Gasteiger partial charge >= 0.3 is 0 Å². The van der Waals surface area contributed by atoms with Gasteiger partial charge in [-0.2, -0.15) is 0 Å². The van der Waals surface area contributed by atoms with Crippen LogP contribution < -0.4 is 4.74 Å². The maximum Gasteiger partial charge on any atom is 0.222 e. The lowest BCUT2D eigenvalue weighted by molar-refractivity contribution is -0.131. The van der Waals surface area contributed by atoms with Gasteiger partial charge in [0.05, 0.1) is 17.6 Å². The topological polar surface area (TPSA) is 58.2 Å². The number of fused-ring (bicyclic) bond motifs is 1. The van der Waals surface area contributed by atoms with Gasteiger partial charge in [0.15, 0.2) is 0 Å². The van der Waals surface area contributed by atoms with Gasteiger partial charge < -0.3 is 14.6 Å². The smallest absolute Gasteiger partial charge is 0.222 e. The Morgan fingerprint density at radius 2 is 2.03 bits per heavy atom. The summed E-state index contributed by atoms with van der Waals surface area (Å²) in [6.45, 7) is 6.07. The number of carbonyl (C=O) groups excluding carboxylic acids is 1. The Morgan fingerprint density at radius 3 is 2.79 bits per heavy atom. The lowest BCUT2D eigenvalue weighted by Gasteiger charge is -2.26. The SMILES string of the molecule is Cc1cccc(C)c1OCCCC(=O)N1CC=C(c2c[nH]c3cccnc23)CC1. The predicted molar refractivity (Wildman–Crippen MR) is 116 cm³/mol. The van der Waals surface area contributed by atoms with Crippen molar-refractivity contribution in [1.82, 2.24) is 14.9 Å². The summed E-state index contributed by atoms with van der Waals surface area (Å²) in [7, 11) is 0. The molecule has 1 amide bonds. The summed E-state index contributed by atoms with van der Waals surface area (Å²) in [4.78, 5) is 22.3. The number of rotatable bonds is 6. The molecule has 1 aromatic carbocycles. The molecule has 0 saturated carbocycles. The van der Waals surface area contributed by atoms with Gasteiger partial charge in [-0.25, -0.2) is 0 Å². The normalized spacial score (nSPS) is 14.1. The van der Waals surface area contributed by atoms with E-state index in [0.717, 1.165) is 52.9 Å². The maximum absolute atomic E-state index is 12.6. The third-order valence-corrected chi connectivity index (χ3v) is 5.53. The molecule has 0 unspecified atom stereocenters. The van der Waals surface area contributed by atoms with E-state index in [1.807, 2.05) is 61.5 Å². The van der Waals surface area contributed by atoms with E-state index in [-0.39, 0.29) is 5.91 Å². The van der Waals surface area contributed by atoms with Crippen LogP contribution in [0.3, 0.4) is 0 Å². The van der Waals surface area contributed by atoms with Gasteiger partial charge in [-0.05, 0) is 55.5 Å². The number of H-pyrrole nitrogens is 1. The predicted octanol–water partition coefficient (Wildman–Crippen LogP) is 4.65. The molecule has 1 aliphatic rings. The van der Waals surface area contributed by atoms with Gasteiger partial charge in [-0.1, -0.05) is 24.3 Å². The van der Waals surface area contributed by atoms with Crippen molar-refractivity contribution in [3.63, 3.8) is 0 Å². The average molecular weight is 389 g/mol. The summed E-state index contributed by atoms with van der Waals surface area (Å²) in [6, 6.07) is 10.1. The van der Waals surface area contributed by atoms with Crippen LogP contribution in [0.5, 0.6) is 5.75 Å². The highest BCUT2D eigenvalue weighted by Gasteiger charge is 2.19. The summed E-state index contributed by atoms with van der Waals surface area (Å²) < 4.78 is 5.92. The van der Waals surface area contributed by atoms with E-state index in [4.69, 9.17) is 4.74 Å². The number of amides is 1. The van der Waals surface area contributed by atoms with Crippen LogP contribution in [0.25, 0.3) is 16.6 Å². The van der Waals surface area contributed by atoms with Crippen LogP contribution in [0.4, 0.5) is 0 Å². The monoisotopic (exact) mass is 389 g/mol. The number of aromatic nitrogens is 2. The number of ether oxygens (including phenoxy) is 1. The van der Waals surface area contributed by atoms with E-state index in [1.165, 1.54) is 5.57 Å².